The molecule has 11 heteroatoms. The lowest BCUT2D eigenvalue weighted by Gasteiger charge is -2.21. The van der Waals surface area contributed by atoms with E-state index in [1.165, 1.54) is 0 Å². The molecule has 1 rings (SSSR count). The van der Waals surface area contributed by atoms with Gasteiger partial charge in [-0.1, -0.05) is 18.2 Å². The highest BCUT2D eigenvalue weighted by atomic mass is 31.2. The average molecular weight is 498 g/mol. The lowest BCUT2D eigenvalue weighted by atomic mass is 10.1. The molecule has 0 aromatic heterocycles. The van der Waals surface area contributed by atoms with Gasteiger partial charge >= 0.3 is 15.2 Å². The largest absolute Gasteiger partial charge is 0.335 e. The molecule has 1 aromatic rings. The van der Waals surface area contributed by atoms with Crippen molar-refractivity contribution in [3.05, 3.63) is 34.9 Å². The van der Waals surface area contributed by atoms with Crippen LogP contribution < -0.4 is 0 Å². The molecule has 1 aromatic carbocycles. The Balaban J connectivity index is 3.37. The van der Waals surface area contributed by atoms with Gasteiger partial charge in [0.25, 0.3) is 0 Å². The van der Waals surface area contributed by atoms with Crippen LogP contribution >= 0.6 is 22.6 Å². The van der Waals surface area contributed by atoms with E-state index < -0.39 is 22.6 Å². The minimum absolute atomic E-state index is 0.0474. The fourth-order valence-electron chi connectivity index (χ4n) is 3.25. The summed E-state index contributed by atoms with van der Waals surface area (Å²) in [7, 11) is -9.58. The van der Waals surface area contributed by atoms with Crippen molar-refractivity contribution in [3.63, 3.8) is 0 Å². The molecule has 180 valence electrons. The van der Waals surface area contributed by atoms with Gasteiger partial charge in [-0.3, -0.25) is 13.7 Å². The van der Waals surface area contributed by atoms with E-state index in [1.54, 1.807) is 47.3 Å². The molecule has 8 nitrogen and oxygen atoms in total. The van der Waals surface area contributed by atoms with Gasteiger partial charge in [0.05, 0.1) is 45.4 Å². The highest BCUT2D eigenvalue weighted by Gasteiger charge is 2.28. The summed E-state index contributed by atoms with van der Waals surface area (Å²) in [5.74, 6) is 0. The van der Waals surface area contributed by atoms with E-state index in [0.717, 1.165) is 5.56 Å². The van der Waals surface area contributed by atoms with Gasteiger partial charge in [-0.2, -0.15) is 0 Å². The molecule has 0 aliphatic rings. The first-order valence-electron chi connectivity index (χ1n) is 10.6. The molecule has 0 bridgehead atoms. The molecule has 0 heterocycles. The van der Waals surface area contributed by atoms with Crippen molar-refractivity contribution < 1.29 is 36.3 Å². The van der Waals surface area contributed by atoms with Crippen molar-refractivity contribution in [1.82, 2.24) is 0 Å². The summed E-state index contributed by atoms with van der Waals surface area (Å²) in [4.78, 5) is 0. The Bertz CT molecular complexity index is 756. The van der Waals surface area contributed by atoms with Crippen LogP contribution in [0.4, 0.5) is 0 Å². The first kappa shape index (κ1) is 28.7. The highest BCUT2D eigenvalue weighted by molar-refractivity contribution is 7.57. The number of benzene rings is 1. The third kappa shape index (κ3) is 10.5. The predicted octanol–water partition coefficient (Wildman–Crippen LogP) is 6.66. The zero-order chi connectivity index (χ0) is 23.5. The maximum Gasteiger partial charge on any atom is 0.335 e. The van der Waals surface area contributed by atoms with Gasteiger partial charge < -0.3 is 22.6 Å². The van der Waals surface area contributed by atoms with E-state index in [1.807, 2.05) is 12.1 Å². The molecule has 0 fully saturated rings. The molecule has 1 atom stereocenters. The summed E-state index contributed by atoms with van der Waals surface area (Å²) in [6.45, 7) is 11.7. The van der Waals surface area contributed by atoms with Gasteiger partial charge in [0.1, 0.15) is 0 Å². The Labute approximate surface area is 186 Å². The zero-order valence-corrected chi connectivity index (χ0v) is 22.2. The number of hydrogen-bond acceptors (Lipinski definition) is 8. The van der Waals surface area contributed by atoms with Crippen molar-refractivity contribution in [2.75, 3.05) is 39.7 Å². The Morgan fingerprint density at radius 1 is 0.548 bits per heavy atom. The molecule has 0 aliphatic heterocycles. The fourth-order valence-corrected chi connectivity index (χ4v) is 8.09. The van der Waals surface area contributed by atoms with Crippen LogP contribution in [0.5, 0.6) is 0 Å². The van der Waals surface area contributed by atoms with Gasteiger partial charge in [0.15, 0.2) is 0 Å². The van der Waals surface area contributed by atoms with Crippen LogP contribution in [0.1, 0.15) is 51.3 Å². The summed E-state index contributed by atoms with van der Waals surface area (Å²) in [6, 6.07) is 5.42. The van der Waals surface area contributed by atoms with E-state index >= 15 is 0 Å². The van der Waals surface area contributed by atoms with Gasteiger partial charge in [-0.15, -0.1) is 0 Å². The van der Waals surface area contributed by atoms with E-state index in [0.29, 0.717) is 17.7 Å². The van der Waals surface area contributed by atoms with Gasteiger partial charge in [0.2, 0.25) is 7.37 Å². The van der Waals surface area contributed by atoms with Gasteiger partial charge in [-0.05, 0) is 51.3 Å². The van der Waals surface area contributed by atoms with Crippen LogP contribution in [0.15, 0.2) is 18.2 Å². The Kier molecular flexibility index (Phi) is 12.4. The van der Waals surface area contributed by atoms with E-state index in [4.69, 9.17) is 22.6 Å². The highest BCUT2D eigenvalue weighted by Crippen LogP contribution is 2.54. The van der Waals surface area contributed by atoms with Crippen molar-refractivity contribution in [3.8, 4) is 0 Å². The summed E-state index contributed by atoms with van der Waals surface area (Å²) in [6.07, 6.45) is 0.292. The monoisotopic (exact) mass is 498 g/mol. The second-order valence-electron chi connectivity index (χ2n) is 6.96. The quantitative estimate of drug-likeness (QED) is 0.233. The molecule has 0 saturated heterocycles. The molecule has 0 amide bonds. The number of rotatable bonds is 16. The minimum atomic E-state index is -3.35. The molecule has 0 saturated carbocycles. The van der Waals surface area contributed by atoms with Crippen LogP contribution in [0.25, 0.3) is 0 Å². The molecule has 0 spiro atoms. The van der Waals surface area contributed by atoms with Crippen molar-refractivity contribution in [2.24, 2.45) is 0 Å². The van der Waals surface area contributed by atoms with E-state index in [9.17, 15) is 13.7 Å². The summed E-state index contributed by atoms with van der Waals surface area (Å²) < 4.78 is 66.0. The zero-order valence-electron chi connectivity index (χ0n) is 19.5. The maximum atomic E-state index is 13.1. The molecular formula is C20H37O8P3. The van der Waals surface area contributed by atoms with Crippen LogP contribution in [0.3, 0.4) is 0 Å². The smallest absolute Gasteiger partial charge is 0.329 e. The number of hydrogen-bond donors (Lipinski definition) is 0. The minimum Gasteiger partial charge on any atom is -0.329 e. The predicted molar refractivity (Wildman–Crippen MR) is 124 cm³/mol. The standard InChI is InChI=1S/C20H37O8P3/c1-7-24-29(6,21)15-18-12-19(16-30(22,25-8-2)26-9-3)14-20(13-18)17-31(23,27-10-4)28-11-5/h12-14H,7-11,15-17H2,1-6H3. The van der Waals surface area contributed by atoms with Crippen molar-refractivity contribution in [2.45, 2.75) is 53.1 Å². The molecule has 31 heavy (non-hydrogen) atoms. The molecular weight excluding hydrogens is 461 g/mol. The van der Waals surface area contributed by atoms with Crippen molar-refractivity contribution >= 4 is 22.6 Å². The first-order chi connectivity index (χ1) is 14.5. The lowest BCUT2D eigenvalue weighted by Crippen LogP contribution is -2.03. The Hall–Kier alpha value is -0.290. The second kappa shape index (κ2) is 13.4. The maximum absolute atomic E-state index is 13.1. The van der Waals surface area contributed by atoms with Crippen LogP contribution in [-0.2, 0) is 54.8 Å². The Morgan fingerprint density at radius 2 is 0.839 bits per heavy atom. The van der Waals surface area contributed by atoms with Crippen molar-refractivity contribution in [1.29, 1.82) is 0 Å². The summed E-state index contributed by atoms with van der Waals surface area (Å²) in [5, 5.41) is 0. The summed E-state index contributed by atoms with van der Waals surface area (Å²) in [5.41, 5.74) is 2.08. The molecule has 1 unspecified atom stereocenters. The first-order valence-corrected chi connectivity index (χ1v) is 16.3. The third-order valence-corrected chi connectivity index (χ3v) is 9.90. The third-order valence-electron chi connectivity index (χ3n) is 4.04. The Morgan fingerprint density at radius 3 is 1.13 bits per heavy atom. The topological polar surface area (TPSA) is 97.4 Å². The van der Waals surface area contributed by atoms with Crippen LogP contribution in [-0.4, -0.2) is 39.7 Å². The van der Waals surface area contributed by atoms with Gasteiger partial charge in [0, 0.05) is 12.8 Å². The van der Waals surface area contributed by atoms with E-state index in [-0.39, 0.29) is 44.9 Å². The SMILES string of the molecule is CCOP(C)(=O)Cc1cc(CP(=O)(OCC)OCC)cc(CP(=O)(OCC)OCC)c1. The van der Waals surface area contributed by atoms with Crippen LogP contribution in [0.2, 0.25) is 0 Å². The van der Waals surface area contributed by atoms with Gasteiger partial charge in [-0.25, -0.2) is 0 Å². The lowest BCUT2D eigenvalue weighted by molar-refractivity contribution is 0.218. The summed E-state index contributed by atoms with van der Waals surface area (Å²) >= 11 is 0. The average Bonchev–Trinajstić information content (AvgIpc) is 2.61. The molecule has 0 aliphatic carbocycles. The second-order valence-corrected chi connectivity index (χ2v) is 13.7. The fraction of sp³-hybridized carbons (Fsp3) is 0.700. The normalized spacial score (nSPS) is 14.5. The molecule has 0 radical (unpaired) electrons. The molecule has 0 N–H and O–H groups in total. The van der Waals surface area contributed by atoms with E-state index in [2.05, 4.69) is 0 Å². The van der Waals surface area contributed by atoms with Crippen LogP contribution in [0, 0.1) is 0 Å².